The average molecular weight is 554 g/mol. The van der Waals surface area contributed by atoms with Crippen molar-refractivity contribution in [1.29, 1.82) is 0 Å². The number of halogens is 1. The van der Waals surface area contributed by atoms with E-state index in [1.807, 2.05) is 31.2 Å². The SMILES string of the molecule is CCCNC(=O)C(C)N(Cc1cccc(Br)c1)C(=O)CN(c1ccc2c(c1)OCO2)S(C)(=O)=O. The summed E-state index contributed by atoms with van der Waals surface area (Å²) in [6, 6.07) is 11.2. The number of hydrogen-bond acceptors (Lipinski definition) is 6. The molecule has 3 rings (SSSR count). The number of amides is 2. The van der Waals surface area contributed by atoms with Gasteiger partial charge in [0.05, 0.1) is 11.9 Å². The number of carbonyl (C=O) groups excluding carboxylic acids is 2. The van der Waals surface area contributed by atoms with Gasteiger partial charge >= 0.3 is 0 Å². The van der Waals surface area contributed by atoms with Gasteiger partial charge in [-0.15, -0.1) is 0 Å². The minimum atomic E-state index is -3.82. The Balaban J connectivity index is 1.90. The summed E-state index contributed by atoms with van der Waals surface area (Å²) in [6.07, 6.45) is 1.78. The number of rotatable bonds is 10. The molecule has 0 aromatic heterocycles. The average Bonchev–Trinajstić information content (AvgIpc) is 3.26. The van der Waals surface area contributed by atoms with Gasteiger partial charge in [0.1, 0.15) is 12.6 Å². The van der Waals surface area contributed by atoms with E-state index in [0.717, 1.165) is 27.0 Å². The van der Waals surface area contributed by atoms with Gasteiger partial charge in [0, 0.05) is 23.6 Å². The zero-order chi connectivity index (χ0) is 24.9. The highest BCUT2D eigenvalue weighted by Crippen LogP contribution is 2.36. The monoisotopic (exact) mass is 553 g/mol. The van der Waals surface area contributed by atoms with E-state index >= 15 is 0 Å². The summed E-state index contributed by atoms with van der Waals surface area (Å²) in [5.41, 5.74) is 1.07. The van der Waals surface area contributed by atoms with E-state index in [0.29, 0.717) is 18.0 Å². The van der Waals surface area contributed by atoms with Crippen LogP contribution in [0.4, 0.5) is 5.69 Å². The first-order valence-electron chi connectivity index (χ1n) is 10.8. The number of carbonyl (C=O) groups is 2. The molecule has 2 aromatic rings. The summed E-state index contributed by atoms with van der Waals surface area (Å²) in [7, 11) is -3.82. The van der Waals surface area contributed by atoms with Crippen LogP contribution in [0, 0.1) is 0 Å². The van der Waals surface area contributed by atoms with Crippen molar-refractivity contribution >= 4 is 43.5 Å². The van der Waals surface area contributed by atoms with Crippen molar-refractivity contribution in [2.45, 2.75) is 32.9 Å². The van der Waals surface area contributed by atoms with Crippen molar-refractivity contribution in [1.82, 2.24) is 10.2 Å². The van der Waals surface area contributed by atoms with Crippen molar-refractivity contribution in [2.24, 2.45) is 0 Å². The van der Waals surface area contributed by atoms with Gasteiger partial charge < -0.3 is 19.7 Å². The first kappa shape index (κ1) is 25.8. The lowest BCUT2D eigenvalue weighted by Crippen LogP contribution is -2.51. The van der Waals surface area contributed by atoms with Gasteiger partial charge in [0.15, 0.2) is 11.5 Å². The van der Waals surface area contributed by atoms with Crippen molar-refractivity contribution in [3.8, 4) is 11.5 Å². The number of nitrogens with zero attached hydrogens (tertiary/aromatic N) is 2. The fraction of sp³-hybridized carbons (Fsp3) is 0.391. The van der Waals surface area contributed by atoms with E-state index in [4.69, 9.17) is 9.47 Å². The molecule has 9 nitrogen and oxygen atoms in total. The molecule has 2 amide bonds. The molecular formula is C23H28BrN3O6S. The van der Waals surface area contributed by atoms with E-state index in [1.54, 1.807) is 19.1 Å². The van der Waals surface area contributed by atoms with Crippen molar-refractivity contribution in [2.75, 3.05) is 30.4 Å². The van der Waals surface area contributed by atoms with Crippen LogP contribution in [0.15, 0.2) is 46.9 Å². The fourth-order valence-corrected chi connectivity index (χ4v) is 4.75. The Morgan fingerprint density at radius 2 is 1.88 bits per heavy atom. The van der Waals surface area contributed by atoms with E-state index in [9.17, 15) is 18.0 Å². The standard InChI is InChI=1S/C23H28BrN3O6S/c1-4-10-25-23(29)16(2)26(13-17-6-5-7-18(24)11-17)22(28)14-27(34(3,30)31)19-8-9-20-21(12-19)33-15-32-20/h5-9,11-12,16H,4,10,13-15H2,1-3H3,(H,25,29). The van der Waals surface area contributed by atoms with E-state index < -0.39 is 28.5 Å². The van der Waals surface area contributed by atoms with E-state index in [1.165, 1.54) is 11.0 Å². The Bertz CT molecular complexity index is 1160. The Morgan fingerprint density at radius 1 is 1.15 bits per heavy atom. The fourth-order valence-electron chi connectivity index (χ4n) is 3.46. The van der Waals surface area contributed by atoms with Gasteiger partial charge in [0.25, 0.3) is 0 Å². The van der Waals surface area contributed by atoms with Crippen LogP contribution < -0.4 is 19.1 Å². The highest BCUT2D eigenvalue weighted by molar-refractivity contribution is 9.10. The van der Waals surface area contributed by atoms with Crippen molar-refractivity contribution in [3.63, 3.8) is 0 Å². The second-order valence-electron chi connectivity index (χ2n) is 7.93. The zero-order valence-corrected chi connectivity index (χ0v) is 21.7. The highest BCUT2D eigenvalue weighted by atomic mass is 79.9. The normalized spacial score (nSPS) is 13.3. The largest absolute Gasteiger partial charge is 0.454 e. The van der Waals surface area contributed by atoms with E-state index in [2.05, 4.69) is 21.2 Å². The maximum absolute atomic E-state index is 13.5. The molecule has 1 atom stereocenters. The first-order chi connectivity index (χ1) is 16.1. The molecule has 0 spiro atoms. The smallest absolute Gasteiger partial charge is 0.244 e. The molecule has 1 aliphatic heterocycles. The van der Waals surface area contributed by atoms with Crippen LogP contribution in [0.2, 0.25) is 0 Å². The first-order valence-corrected chi connectivity index (χ1v) is 13.4. The number of ether oxygens (including phenoxy) is 2. The van der Waals surface area contributed by atoms with Gasteiger partial charge in [0.2, 0.25) is 28.6 Å². The lowest BCUT2D eigenvalue weighted by Gasteiger charge is -2.31. The molecule has 0 bridgehead atoms. The summed E-state index contributed by atoms with van der Waals surface area (Å²) >= 11 is 3.42. The third-order valence-electron chi connectivity index (χ3n) is 5.28. The van der Waals surface area contributed by atoms with Crippen molar-refractivity contribution in [3.05, 3.63) is 52.5 Å². The molecular weight excluding hydrogens is 526 g/mol. The molecule has 1 unspecified atom stereocenters. The van der Waals surface area contributed by atoms with Gasteiger partial charge in [-0.05, 0) is 43.2 Å². The third-order valence-corrected chi connectivity index (χ3v) is 6.92. The number of benzene rings is 2. The molecule has 34 heavy (non-hydrogen) atoms. The highest BCUT2D eigenvalue weighted by Gasteiger charge is 2.30. The lowest BCUT2D eigenvalue weighted by atomic mass is 10.1. The van der Waals surface area contributed by atoms with Crippen LogP contribution >= 0.6 is 15.9 Å². The second kappa shape index (κ2) is 11.1. The van der Waals surface area contributed by atoms with Crippen LogP contribution in [0.1, 0.15) is 25.8 Å². The predicted molar refractivity (Wildman–Crippen MR) is 132 cm³/mol. The molecule has 0 saturated heterocycles. The summed E-state index contributed by atoms with van der Waals surface area (Å²) in [6.45, 7) is 3.75. The number of anilines is 1. The number of fused-ring (bicyclic) bond motifs is 1. The Kier molecular flexibility index (Phi) is 8.42. The molecule has 184 valence electrons. The van der Waals surface area contributed by atoms with Crippen LogP contribution in [0.25, 0.3) is 0 Å². The number of nitrogens with one attached hydrogen (secondary N) is 1. The minimum absolute atomic E-state index is 0.0430. The van der Waals surface area contributed by atoms with E-state index in [-0.39, 0.29) is 24.9 Å². The molecule has 0 fully saturated rings. The summed E-state index contributed by atoms with van der Waals surface area (Å²) in [4.78, 5) is 27.6. The van der Waals surface area contributed by atoms with Gasteiger partial charge in [-0.25, -0.2) is 8.42 Å². The topological polar surface area (TPSA) is 105 Å². The van der Waals surface area contributed by atoms with Gasteiger partial charge in [-0.1, -0.05) is 35.0 Å². The molecule has 2 aromatic carbocycles. The summed E-state index contributed by atoms with van der Waals surface area (Å²) in [5.74, 6) is 0.0827. The predicted octanol–water partition coefficient (Wildman–Crippen LogP) is 2.89. The molecule has 0 radical (unpaired) electrons. The number of sulfonamides is 1. The molecule has 1 aliphatic rings. The molecule has 0 saturated carbocycles. The lowest BCUT2D eigenvalue weighted by molar-refractivity contribution is -0.139. The molecule has 11 heteroatoms. The van der Waals surface area contributed by atoms with Crippen LogP contribution in [-0.4, -0.2) is 57.3 Å². The molecule has 1 heterocycles. The second-order valence-corrected chi connectivity index (χ2v) is 10.7. The third kappa shape index (κ3) is 6.41. The van der Waals surface area contributed by atoms with Gasteiger partial charge in [-0.2, -0.15) is 0 Å². The van der Waals surface area contributed by atoms with Crippen LogP contribution in [-0.2, 0) is 26.2 Å². The number of hydrogen-bond donors (Lipinski definition) is 1. The molecule has 1 N–H and O–H groups in total. The Morgan fingerprint density at radius 3 is 2.56 bits per heavy atom. The Labute approximate surface area is 208 Å². The quantitative estimate of drug-likeness (QED) is 0.485. The van der Waals surface area contributed by atoms with Crippen LogP contribution in [0.3, 0.4) is 0 Å². The Hall–Kier alpha value is -2.79. The minimum Gasteiger partial charge on any atom is -0.454 e. The summed E-state index contributed by atoms with van der Waals surface area (Å²) < 4.78 is 37.8. The van der Waals surface area contributed by atoms with Gasteiger partial charge in [-0.3, -0.25) is 13.9 Å². The summed E-state index contributed by atoms with van der Waals surface area (Å²) in [5, 5.41) is 2.80. The molecule has 0 aliphatic carbocycles. The van der Waals surface area contributed by atoms with Crippen molar-refractivity contribution < 1.29 is 27.5 Å². The van der Waals surface area contributed by atoms with Crippen LogP contribution in [0.5, 0.6) is 11.5 Å². The maximum Gasteiger partial charge on any atom is 0.244 e. The zero-order valence-electron chi connectivity index (χ0n) is 19.3. The maximum atomic E-state index is 13.5.